The fourth-order valence-electron chi connectivity index (χ4n) is 2.66. The summed E-state index contributed by atoms with van der Waals surface area (Å²) in [7, 11) is 0. The number of halogens is 6. The first-order valence-corrected chi connectivity index (χ1v) is 8.50. The molecule has 1 heterocycles. The van der Waals surface area contributed by atoms with Crippen LogP contribution in [0.15, 0.2) is 42.0 Å². The van der Waals surface area contributed by atoms with Crippen LogP contribution in [-0.4, -0.2) is 25.7 Å². The monoisotopic (exact) mass is 432 g/mol. The Balaban J connectivity index is 1.74. The molecule has 0 bridgehead atoms. The molecule has 1 aliphatic heterocycles. The Morgan fingerprint density at radius 1 is 1.00 bits per heavy atom. The molecule has 1 aliphatic rings. The highest BCUT2D eigenvalue weighted by molar-refractivity contribution is 5.84. The molecule has 10 heteroatoms. The molecular formula is C20H14F6O4. The molecule has 30 heavy (non-hydrogen) atoms. The van der Waals surface area contributed by atoms with Gasteiger partial charge < -0.3 is 14.2 Å². The zero-order valence-electron chi connectivity index (χ0n) is 15.1. The lowest BCUT2D eigenvalue weighted by molar-refractivity contribution is -0.158. The van der Waals surface area contributed by atoms with E-state index in [9.17, 15) is 31.1 Å². The summed E-state index contributed by atoms with van der Waals surface area (Å²) in [4.78, 5) is 10.8. The Morgan fingerprint density at radius 3 is 2.43 bits per heavy atom. The summed E-state index contributed by atoms with van der Waals surface area (Å²) in [5, 5.41) is 0. The molecule has 160 valence electrons. The van der Waals surface area contributed by atoms with E-state index in [0.29, 0.717) is 35.0 Å². The van der Waals surface area contributed by atoms with Crippen molar-refractivity contribution in [2.75, 3.05) is 13.2 Å². The summed E-state index contributed by atoms with van der Waals surface area (Å²) >= 11 is 0. The van der Waals surface area contributed by atoms with Gasteiger partial charge in [-0.2, -0.15) is 26.3 Å². The Kier molecular flexibility index (Phi) is 5.95. The van der Waals surface area contributed by atoms with E-state index < -0.39 is 30.3 Å². The highest BCUT2D eigenvalue weighted by Gasteiger charge is 2.36. The first-order chi connectivity index (χ1) is 14.0. The van der Waals surface area contributed by atoms with Crippen LogP contribution in [-0.2, 0) is 17.6 Å². The van der Waals surface area contributed by atoms with Crippen LogP contribution in [0.25, 0.3) is 6.08 Å². The van der Waals surface area contributed by atoms with Crippen molar-refractivity contribution in [2.45, 2.75) is 19.0 Å². The standard InChI is InChI=1S/C20H14F6O4/c21-19(22,23)11-30-17-4-1-12(6-16(17)20(24,25)26)9-28-15-3-2-14-5-13(8-27)10-29-18(14)7-15/h1-8H,9-11H2. The molecule has 0 N–H and O–H groups in total. The Bertz CT molecular complexity index is 963. The number of fused-ring (bicyclic) bond motifs is 1. The van der Waals surface area contributed by atoms with Crippen molar-refractivity contribution in [3.63, 3.8) is 0 Å². The molecule has 0 radical (unpaired) electrons. The number of aldehydes is 1. The zero-order chi connectivity index (χ0) is 21.9. The third kappa shape index (κ3) is 5.46. The number of benzene rings is 2. The van der Waals surface area contributed by atoms with Crippen molar-refractivity contribution >= 4 is 12.4 Å². The number of hydrogen-bond acceptors (Lipinski definition) is 4. The van der Waals surface area contributed by atoms with Crippen molar-refractivity contribution in [3.8, 4) is 17.2 Å². The van der Waals surface area contributed by atoms with E-state index in [1.807, 2.05) is 0 Å². The number of carbonyl (C=O) groups excluding carboxylic acids is 1. The van der Waals surface area contributed by atoms with Gasteiger partial charge in [0.25, 0.3) is 0 Å². The maximum Gasteiger partial charge on any atom is 0.422 e. The third-order valence-corrected chi connectivity index (χ3v) is 4.02. The molecule has 0 fully saturated rings. The van der Waals surface area contributed by atoms with Gasteiger partial charge in [0, 0.05) is 17.2 Å². The van der Waals surface area contributed by atoms with E-state index in [1.165, 1.54) is 12.1 Å². The van der Waals surface area contributed by atoms with E-state index in [0.717, 1.165) is 6.07 Å². The first-order valence-electron chi connectivity index (χ1n) is 8.50. The molecule has 0 aromatic heterocycles. The van der Waals surface area contributed by atoms with Crippen LogP contribution in [0, 0.1) is 0 Å². The van der Waals surface area contributed by atoms with Gasteiger partial charge in [0.15, 0.2) is 6.61 Å². The molecule has 0 unspecified atom stereocenters. The highest BCUT2D eigenvalue weighted by atomic mass is 19.4. The van der Waals surface area contributed by atoms with Crippen LogP contribution in [0.3, 0.4) is 0 Å². The molecule has 3 rings (SSSR count). The van der Waals surface area contributed by atoms with Crippen LogP contribution >= 0.6 is 0 Å². The molecule has 0 saturated carbocycles. The van der Waals surface area contributed by atoms with Crippen molar-refractivity contribution in [2.24, 2.45) is 0 Å². The number of alkyl halides is 6. The van der Waals surface area contributed by atoms with Gasteiger partial charge in [0.1, 0.15) is 36.7 Å². The van der Waals surface area contributed by atoms with E-state index in [2.05, 4.69) is 4.74 Å². The van der Waals surface area contributed by atoms with Crippen molar-refractivity contribution in [3.05, 3.63) is 58.7 Å². The predicted molar refractivity (Wildman–Crippen MR) is 93.3 cm³/mol. The minimum Gasteiger partial charge on any atom is -0.489 e. The van der Waals surface area contributed by atoms with Crippen molar-refractivity contribution in [1.82, 2.24) is 0 Å². The Hall–Kier alpha value is -3.17. The average Bonchev–Trinajstić information content (AvgIpc) is 2.69. The number of rotatable bonds is 6. The molecule has 2 aromatic carbocycles. The fraction of sp³-hybridized carbons (Fsp3) is 0.250. The largest absolute Gasteiger partial charge is 0.489 e. The average molecular weight is 432 g/mol. The van der Waals surface area contributed by atoms with Crippen LogP contribution in [0.2, 0.25) is 0 Å². The minimum atomic E-state index is -4.90. The van der Waals surface area contributed by atoms with E-state index in [4.69, 9.17) is 9.47 Å². The molecule has 2 aromatic rings. The summed E-state index contributed by atoms with van der Waals surface area (Å²) < 4.78 is 91.6. The van der Waals surface area contributed by atoms with E-state index in [1.54, 1.807) is 18.2 Å². The van der Waals surface area contributed by atoms with Crippen LogP contribution in [0.1, 0.15) is 16.7 Å². The van der Waals surface area contributed by atoms with Gasteiger partial charge in [-0.05, 0) is 35.9 Å². The van der Waals surface area contributed by atoms with Crippen LogP contribution < -0.4 is 14.2 Å². The molecule has 0 atom stereocenters. The topological polar surface area (TPSA) is 44.8 Å². The lowest BCUT2D eigenvalue weighted by Gasteiger charge is -2.18. The fourth-order valence-corrected chi connectivity index (χ4v) is 2.66. The molecule has 0 saturated heterocycles. The molecule has 0 amide bonds. The van der Waals surface area contributed by atoms with Gasteiger partial charge in [-0.15, -0.1) is 0 Å². The summed E-state index contributed by atoms with van der Waals surface area (Å²) in [6.45, 7) is -2.01. The summed E-state index contributed by atoms with van der Waals surface area (Å²) in [6.07, 6.45) is -7.35. The van der Waals surface area contributed by atoms with Crippen molar-refractivity contribution in [1.29, 1.82) is 0 Å². The molecule has 0 spiro atoms. The maximum atomic E-state index is 13.2. The SMILES string of the molecule is O=CC1=Cc2ccc(OCc3ccc(OCC(F)(F)F)c(C(F)(F)F)c3)cc2OC1. The van der Waals surface area contributed by atoms with Gasteiger partial charge in [0.2, 0.25) is 0 Å². The minimum absolute atomic E-state index is 0.0865. The summed E-state index contributed by atoms with van der Waals surface area (Å²) in [5.41, 5.74) is -0.124. The molecule has 0 aliphatic carbocycles. The lowest BCUT2D eigenvalue weighted by Crippen LogP contribution is -2.21. The second-order valence-electron chi connectivity index (χ2n) is 6.35. The number of carbonyl (C=O) groups is 1. The second kappa shape index (κ2) is 8.29. The van der Waals surface area contributed by atoms with E-state index in [-0.39, 0.29) is 18.8 Å². The smallest absolute Gasteiger partial charge is 0.422 e. The summed E-state index contributed by atoms with van der Waals surface area (Å²) in [6, 6.07) is 7.41. The lowest BCUT2D eigenvalue weighted by atomic mass is 10.1. The third-order valence-electron chi connectivity index (χ3n) is 4.02. The highest BCUT2D eigenvalue weighted by Crippen LogP contribution is 2.38. The van der Waals surface area contributed by atoms with Gasteiger partial charge >= 0.3 is 12.4 Å². The van der Waals surface area contributed by atoms with Gasteiger partial charge in [-0.3, -0.25) is 4.79 Å². The first kappa shape index (κ1) is 21.5. The molecule has 4 nitrogen and oxygen atoms in total. The van der Waals surface area contributed by atoms with E-state index >= 15 is 0 Å². The quantitative estimate of drug-likeness (QED) is 0.465. The van der Waals surface area contributed by atoms with Gasteiger partial charge in [-0.25, -0.2) is 0 Å². The Morgan fingerprint density at radius 2 is 1.77 bits per heavy atom. The van der Waals surface area contributed by atoms with Gasteiger partial charge in [-0.1, -0.05) is 6.07 Å². The van der Waals surface area contributed by atoms with Crippen LogP contribution in [0.4, 0.5) is 26.3 Å². The van der Waals surface area contributed by atoms with Crippen molar-refractivity contribution < 1.29 is 45.3 Å². The predicted octanol–water partition coefficient (Wildman–Crippen LogP) is 5.20. The second-order valence-corrected chi connectivity index (χ2v) is 6.35. The Labute approximate surface area is 166 Å². The summed E-state index contributed by atoms with van der Waals surface area (Å²) in [5.74, 6) is -0.156. The van der Waals surface area contributed by atoms with Gasteiger partial charge in [0.05, 0.1) is 5.56 Å². The zero-order valence-corrected chi connectivity index (χ0v) is 15.1. The maximum absolute atomic E-state index is 13.2. The number of ether oxygens (including phenoxy) is 3. The number of hydrogen-bond donors (Lipinski definition) is 0. The van der Waals surface area contributed by atoms with Crippen LogP contribution in [0.5, 0.6) is 17.2 Å². The normalized spacial score (nSPS) is 13.7. The molecular weight excluding hydrogens is 418 g/mol.